The zero-order valence-corrected chi connectivity index (χ0v) is 14.3. The van der Waals surface area contributed by atoms with Crippen LogP contribution >= 0.6 is 0 Å². The van der Waals surface area contributed by atoms with Gasteiger partial charge in [0.2, 0.25) is 5.91 Å². The molecule has 0 atom stereocenters. The van der Waals surface area contributed by atoms with Gasteiger partial charge in [-0.15, -0.1) is 0 Å². The van der Waals surface area contributed by atoms with Gasteiger partial charge in [0, 0.05) is 19.6 Å². The Kier molecular flexibility index (Phi) is 6.16. The van der Waals surface area contributed by atoms with Gasteiger partial charge in [-0.1, -0.05) is 16.8 Å². The molecule has 0 radical (unpaired) electrons. The molecule has 1 aliphatic carbocycles. The number of hydrogen-bond donors (Lipinski definition) is 1. The quantitative estimate of drug-likeness (QED) is 0.773. The first-order valence-electron chi connectivity index (χ1n) is 8.86. The van der Waals surface area contributed by atoms with Crippen LogP contribution in [0.1, 0.15) is 48.6 Å². The van der Waals surface area contributed by atoms with Crippen LogP contribution in [0.4, 0.5) is 0 Å². The lowest BCUT2D eigenvalue weighted by Crippen LogP contribution is -2.41. The lowest BCUT2D eigenvalue weighted by Gasteiger charge is -2.26. The minimum absolute atomic E-state index is 0.0314. The molecule has 0 unspecified atom stereocenters. The minimum atomic E-state index is -0.394. The summed E-state index contributed by atoms with van der Waals surface area (Å²) in [6.07, 6.45) is 7.87. The average molecular weight is 348 g/mol. The molecule has 0 saturated carbocycles. The third-order valence-electron chi connectivity index (χ3n) is 4.45. The molecule has 3 rings (SSSR count). The summed E-state index contributed by atoms with van der Waals surface area (Å²) in [5.41, 5.74) is 1.40. The van der Waals surface area contributed by atoms with Crippen molar-refractivity contribution in [1.82, 2.24) is 20.4 Å². The Morgan fingerprint density at radius 1 is 1.24 bits per heavy atom. The second kappa shape index (κ2) is 8.75. The molecule has 1 N–H and O–H groups in total. The number of ether oxygens (including phenoxy) is 1. The van der Waals surface area contributed by atoms with E-state index < -0.39 is 5.91 Å². The molecule has 1 aromatic rings. The van der Waals surface area contributed by atoms with Gasteiger partial charge in [-0.05, 0) is 32.1 Å². The topological polar surface area (TPSA) is 97.6 Å². The van der Waals surface area contributed by atoms with Crippen LogP contribution in [0.5, 0.6) is 0 Å². The highest BCUT2D eigenvalue weighted by molar-refractivity contribution is 5.89. The third kappa shape index (κ3) is 5.12. The Bertz CT molecular complexity index is 634. The highest BCUT2D eigenvalue weighted by atomic mass is 16.5. The van der Waals surface area contributed by atoms with Crippen LogP contribution in [0.15, 0.2) is 16.2 Å². The molecule has 1 fully saturated rings. The Labute approximate surface area is 146 Å². The summed E-state index contributed by atoms with van der Waals surface area (Å²) in [5.74, 6) is -0.340. The van der Waals surface area contributed by atoms with E-state index in [-0.39, 0.29) is 24.0 Å². The van der Waals surface area contributed by atoms with E-state index in [4.69, 9.17) is 9.26 Å². The molecule has 0 bridgehead atoms. The van der Waals surface area contributed by atoms with Crippen LogP contribution in [-0.4, -0.2) is 59.7 Å². The number of nitrogens with one attached hydrogen (secondary N) is 1. The summed E-state index contributed by atoms with van der Waals surface area (Å²) in [6.45, 7) is 2.78. The van der Waals surface area contributed by atoms with Gasteiger partial charge in [-0.3, -0.25) is 9.59 Å². The lowest BCUT2D eigenvalue weighted by atomic mass is 9.97. The fourth-order valence-electron chi connectivity index (χ4n) is 3.02. The molecule has 1 saturated heterocycles. The van der Waals surface area contributed by atoms with E-state index in [1.807, 2.05) is 0 Å². The molecular formula is C17H24N4O4. The largest absolute Gasteiger partial charge is 0.378 e. The molecule has 0 spiro atoms. The fourth-order valence-corrected chi connectivity index (χ4v) is 3.02. The van der Waals surface area contributed by atoms with Crippen LogP contribution in [0.25, 0.3) is 0 Å². The Morgan fingerprint density at radius 2 is 2.08 bits per heavy atom. The molecule has 1 aliphatic heterocycles. The normalized spacial score (nSPS) is 17.9. The van der Waals surface area contributed by atoms with E-state index in [1.54, 1.807) is 4.90 Å². The zero-order chi connectivity index (χ0) is 17.5. The van der Waals surface area contributed by atoms with Gasteiger partial charge in [0.15, 0.2) is 5.82 Å². The van der Waals surface area contributed by atoms with Gasteiger partial charge in [-0.2, -0.15) is 4.98 Å². The number of nitrogens with zero attached hydrogens (tertiary/aromatic N) is 3. The summed E-state index contributed by atoms with van der Waals surface area (Å²) in [5, 5.41) is 6.52. The van der Waals surface area contributed by atoms with E-state index in [1.165, 1.54) is 18.4 Å². The number of allylic oxidation sites excluding steroid dienone is 1. The predicted octanol–water partition coefficient (Wildman–Crippen LogP) is 1.09. The number of carbonyl (C=O) groups excluding carboxylic acids is 2. The second-order valence-electron chi connectivity index (χ2n) is 6.30. The molecule has 8 nitrogen and oxygen atoms in total. The first-order valence-corrected chi connectivity index (χ1v) is 8.86. The van der Waals surface area contributed by atoms with Crippen LogP contribution in [0, 0.1) is 0 Å². The van der Waals surface area contributed by atoms with Crippen LogP contribution < -0.4 is 5.32 Å². The molecule has 8 heteroatoms. The van der Waals surface area contributed by atoms with E-state index in [0.717, 1.165) is 19.3 Å². The summed E-state index contributed by atoms with van der Waals surface area (Å²) in [6, 6.07) is 0. The molecule has 2 amide bonds. The monoisotopic (exact) mass is 348 g/mol. The van der Waals surface area contributed by atoms with Gasteiger partial charge in [-0.25, -0.2) is 0 Å². The maximum Gasteiger partial charge on any atom is 0.315 e. The van der Waals surface area contributed by atoms with Crippen molar-refractivity contribution < 1.29 is 18.8 Å². The highest BCUT2D eigenvalue weighted by Crippen LogP contribution is 2.19. The Morgan fingerprint density at radius 3 is 2.84 bits per heavy atom. The van der Waals surface area contributed by atoms with Crippen molar-refractivity contribution in [2.45, 2.75) is 38.5 Å². The molecule has 25 heavy (non-hydrogen) atoms. The highest BCUT2D eigenvalue weighted by Gasteiger charge is 2.21. The zero-order valence-electron chi connectivity index (χ0n) is 14.3. The Hall–Kier alpha value is -2.22. The van der Waals surface area contributed by atoms with Gasteiger partial charge < -0.3 is 19.5 Å². The summed E-state index contributed by atoms with van der Waals surface area (Å²) in [4.78, 5) is 29.9. The number of amides is 2. The van der Waals surface area contributed by atoms with E-state index in [2.05, 4.69) is 21.5 Å². The van der Waals surface area contributed by atoms with Crippen molar-refractivity contribution in [2.24, 2.45) is 0 Å². The summed E-state index contributed by atoms with van der Waals surface area (Å²) in [7, 11) is 0. The number of carbonyl (C=O) groups is 2. The number of hydrogen-bond acceptors (Lipinski definition) is 6. The number of aromatic nitrogens is 2. The van der Waals surface area contributed by atoms with Gasteiger partial charge in [0.25, 0.3) is 0 Å². The Balaban J connectivity index is 1.44. The van der Waals surface area contributed by atoms with Crippen molar-refractivity contribution in [2.75, 3.05) is 32.8 Å². The van der Waals surface area contributed by atoms with Crippen molar-refractivity contribution in [3.05, 3.63) is 23.4 Å². The van der Waals surface area contributed by atoms with Crippen molar-refractivity contribution in [1.29, 1.82) is 0 Å². The first kappa shape index (κ1) is 17.6. The average Bonchev–Trinajstić information content (AvgIpc) is 3.12. The fraction of sp³-hybridized carbons (Fsp3) is 0.647. The van der Waals surface area contributed by atoms with Crippen molar-refractivity contribution in [3.8, 4) is 0 Å². The third-order valence-corrected chi connectivity index (χ3v) is 4.45. The molecule has 0 aromatic carbocycles. The maximum atomic E-state index is 12.1. The molecular weight excluding hydrogens is 324 g/mol. The molecule has 136 valence electrons. The van der Waals surface area contributed by atoms with E-state index >= 15 is 0 Å². The standard InChI is InChI=1S/C17H24N4O4/c22-15(21-8-10-24-11-9-21)12-14-19-17(25-20-14)16(23)18-7-6-13-4-2-1-3-5-13/h4H,1-3,5-12H2,(H,18,23). The SMILES string of the molecule is O=C(NCCC1=CCCCC1)c1nc(CC(=O)N2CCOCC2)no1. The van der Waals surface area contributed by atoms with Gasteiger partial charge >= 0.3 is 11.8 Å². The second-order valence-corrected chi connectivity index (χ2v) is 6.30. The van der Waals surface area contributed by atoms with Crippen molar-refractivity contribution in [3.63, 3.8) is 0 Å². The van der Waals surface area contributed by atoms with Gasteiger partial charge in [0.1, 0.15) is 0 Å². The molecule has 2 heterocycles. The van der Waals surface area contributed by atoms with E-state index in [0.29, 0.717) is 32.8 Å². The van der Waals surface area contributed by atoms with Crippen LogP contribution in [0.3, 0.4) is 0 Å². The van der Waals surface area contributed by atoms with E-state index in [9.17, 15) is 9.59 Å². The molecule has 1 aromatic heterocycles. The lowest BCUT2D eigenvalue weighted by molar-refractivity contribution is -0.134. The summed E-state index contributed by atoms with van der Waals surface area (Å²) < 4.78 is 10.2. The summed E-state index contributed by atoms with van der Waals surface area (Å²) >= 11 is 0. The predicted molar refractivity (Wildman–Crippen MR) is 88.9 cm³/mol. The van der Waals surface area contributed by atoms with Crippen LogP contribution in [0.2, 0.25) is 0 Å². The first-order chi connectivity index (χ1) is 12.2. The van der Waals surface area contributed by atoms with Gasteiger partial charge in [0.05, 0.1) is 19.6 Å². The maximum absolute atomic E-state index is 12.1. The molecule has 2 aliphatic rings. The number of morpholine rings is 1. The minimum Gasteiger partial charge on any atom is -0.378 e. The van der Waals surface area contributed by atoms with Crippen LogP contribution in [-0.2, 0) is 16.0 Å². The number of rotatable bonds is 6. The van der Waals surface area contributed by atoms with Crippen molar-refractivity contribution >= 4 is 11.8 Å². The smallest absolute Gasteiger partial charge is 0.315 e.